The van der Waals surface area contributed by atoms with Gasteiger partial charge in [0.2, 0.25) is 0 Å². The summed E-state index contributed by atoms with van der Waals surface area (Å²) in [6.07, 6.45) is 1.64. The predicted molar refractivity (Wildman–Crippen MR) is 99.7 cm³/mol. The number of rotatable bonds is 3. The quantitative estimate of drug-likeness (QED) is 0.536. The van der Waals surface area contributed by atoms with Crippen molar-refractivity contribution in [3.8, 4) is 20.3 Å². The summed E-state index contributed by atoms with van der Waals surface area (Å²) in [5, 5.41) is 9.09. The molecule has 3 aromatic heterocycles. The number of thiophene rings is 2. The molecule has 0 fully saturated rings. The average molecular weight is 351 g/mol. The smallest absolute Gasteiger partial charge is 0.306 e. The minimum atomic E-state index is -0.271. The molecule has 24 heavy (non-hydrogen) atoms. The number of benzene rings is 1. The second kappa shape index (κ2) is 6.43. The fourth-order valence-electron chi connectivity index (χ4n) is 2.38. The van der Waals surface area contributed by atoms with Crippen LogP contribution < -0.4 is 5.32 Å². The Morgan fingerprint density at radius 1 is 0.917 bits per heavy atom. The van der Waals surface area contributed by atoms with Crippen LogP contribution in [0.5, 0.6) is 0 Å². The summed E-state index contributed by atoms with van der Waals surface area (Å²) in [4.78, 5) is 15.9. The second-order valence-corrected chi connectivity index (χ2v) is 7.10. The monoisotopic (exact) mass is 351 g/mol. The van der Waals surface area contributed by atoms with E-state index in [4.69, 9.17) is 0 Å². The Kier molecular flexibility index (Phi) is 3.98. The Balaban J connectivity index is 1.62. The van der Waals surface area contributed by atoms with Gasteiger partial charge in [-0.1, -0.05) is 24.3 Å². The molecule has 0 unspecified atom stereocenters. The average Bonchev–Trinajstić information content (AvgIpc) is 3.34. The van der Waals surface area contributed by atoms with Crippen molar-refractivity contribution in [2.45, 2.75) is 0 Å². The van der Waals surface area contributed by atoms with Gasteiger partial charge in [0.15, 0.2) is 0 Å². The number of amides is 1. The first-order valence-corrected chi connectivity index (χ1v) is 9.05. The summed E-state index contributed by atoms with van der Waals surface area (Å²) in [6.45, 7) is 0. The molecular formula is C18H13N3OS2. The van der Waals surface area contributed by atoms with E-state index in [-0.39, 0.29) is 6.03 Å². The van der Waals surface area contributed by atoms with Crippen LogP contribution in [-0.4, -0.2) is 15.8 Å². The number of para-hydroxylation sites is 1. The zero-order valence-corrected chi connectivity index (χ0v) is 14.2. The Morgan fingerprint density at radius 3 is 2.54 bits per heavy atom. The number of nitrogens with zero attached hydrogens (tertiary/aromatic N) is 2. The molecule has 6 heteroatoms. The standard InChI is InChI=1S/C18H13N3OS2/c22-18(20-13-5-2-1-3-6-13)21-14(10-11-19-21)15-8-9-17(24-15)16-7-4-12-23-16/h1-12H,(H,20,22). The molecule has 118 valence electrons. The Morgan fingerprint density at radius 2 is 1.75 bits per heavy atom. The fraction of sp³-hybridized carbons (Fsp3) is 0. The number of nitrogens with one attached hydrogen (secondary N) is 1. The second-order valence-electron chi connectivity index (χ2n) is 5.07. The molecule has 0 saturated heterocycles. The van der Waals surface area contributed by atoms with Gasteiger partial charge in [-0.15, -0.1) is 22.7 Å². The summed E-state index contributed by atoms with van der Waals surface area (Å²) in [5.41, 5.74) is 1.53. The van der Waals surface area contributed by atoms with Crippen molar-refractivity contribution in [3.63, 3.8) is 0 Å². The predicted octanol–water partition coefficient (Wildman–Crippen LogP) is 5.42. The van der Waals surface area contributed by atoms with Crippen LogP contribution in [0.15, 0.2) is 72.2 Å². The maximum atomic E-state index is 12.5. The van der Waals surface area contributed by atoms with Crippen LogP contribution in [0.4, 0.5) is 10.5 Å². The zero-order chi connectivity index (χ0) is 16.4. The minimum Gasteiger partial charge on any atom is -0.306 e. The molecule has 1 amide bonds. The molecule has 0 aliphatic carbocycles. The summed E-state index contributed by atoms with van der Waals surface area (Å²) < 4.78 is 1.40. The van der Waals surface area contributed by atoms with Gasteiger partial charge in [0, 0.05) is 15.4 Å². The normalized spacial score (nSPS) is 10.7. The Hall–Kier alpha value is -2.70. The maximum absolute atomic E-state index is 12.5. The highest BCUT2D eigenvalue weighted by molar-refractivity contribution is 7.23. The van der Waals surface area contributed by atoms with E-state index >= 15 is 0 Å². The van der Waals surface area contributed by atoms with E-state index in [1.165, 1.54) is 14.4 Å². The van der Waals surface area contributed by atoms with Crippen molar-refractivity contribution in [1.29, 1.82) is 0 Å². The van der Waals surface area contributed by atoms with Crippen molar-refractivity contribution in [2.75, 3.05) is 5.32 Å². The van der Waals surface area contributed by atoms with Gasteiger partial charge in [-0.3, -0.25) is 0 Å². The molecule has 4 aromatic rings. The van der Waals surface area contributed by atoms with Gasteiger partial charge in [0.25, 0.3) is 0 Å². The Bertz CT molecular complexity index is 955. The number of anilines is 1. The molecule has 3 heterocycles. The fourth-order valence-corrected chi connectivity index (χ4v) is 4.23. The molecule has 0 aliphatic rings. The lowest BCUT2D eigenvalue weighted by Crippen LogP contribution is -2.21. The van der Waals surface area contributed by atoms with Gasteiger partial charge in [-0.25, -0.2) is 4.79 Å². The van der Waals surface area contributed by atoms with Crippen LogP contribution in [0.3, 0.4) is 0 Å². The van der Waals surface area contributed by atoms with Crippen LogP contribution in [0, 0.1) is 0 Å². The molecule has 0 atom stereocenters. The molecule has 0 aliphatic heterocycles. The largest absolute Gasteiger partial charge is 0.347 e. The van der Waals surface area contributed by atoms with Gasteiger partial charge < -0.3 is 5.32 Å². The molecule has 1 aromatic carbocycles. The van der Waals surface area contributed by atoms with E-state index < -0.39 is 0 Å². The van der Waals surface area contributed by atoms with E-state index in [0.717, 1.165) is 16.3 Å². The molecule has 1 N–H and O–H groups in total. The first kappa shape index (κ1) is 14.9. The highest BCUT2D eigenvalue weighted by Gasteiger charge is 2.15. The lowest BCUT2D eigenvalue weighted by Gasteiger charge is -2.07. The summed E-state index contributed by atoms with van der Waals surface area (Å²) in [6, 6.07) is 19.2. The highest BCUT2D eigenvalue weighted by atomic mass is 32.1. The summed E-state index contributed by atoms with van der Waals surface area (Å²) >= 11 is 3.36. The van der Waals surface area contributed by atoms with Gasteiger partial charge in [0.05, 0.1) is 16.8 Å². The minimum absolute atomic E-state index is 0.271. The van der Waals surface area contributed by atoms with E-state index in [1.54, 1.807) is 28.9 Å². The van der Waals surface area contributed by atoms with Crippen molar-refractivity contribution >= 4 is 34.4 Å². The highest BCUT2D eigenvalue weighted by Crippen LogP contribution is 2.36. The van der Waals surface area contributed by atoms with Crippen molar-refractivity contribution in [3.05, 3.63) is 72.2 Å². The Labute approximate surface area is 147 Å². The summed E-state index contributed by atoms with van der Waals surface area (Å²) in [5.74, 6) is 0. The van der Waals surface area contributed by atoms with Crippen LogP contribution >= 0.6 is 22.7 Å². The van der Waals surface area contributed by atoms with E-state index in [1.807, 2.05) is 48.5 Å². The molecular weight excluding hydrogens is 338 g/mol. The van der Waals surface area contributed by atoms with Crippen molar-refractivity contribution in [1.82, 2.24) is 9.78 Å². The van der Waals surface area contributed by atoms with Gasteiger partial charge in [-0.2, -0.15) is 9.78 Å². The third-order valence-corrected chi connectivity index (χ3v) is 5.66. The van der Waals surface area contributed by atoms with E-state index in [2.05, 4.69) is 27.9 Å². The van der Waals surface area contributed by atoms with Crippen molar-refractivity contribution < 1.29 is 4.79 Å². The molecule has 4 rings (SSSR count). The molecule has 4 nitrogen and oxygen atoms in total. The zero-order valence-electron chi connectivity index (χ0n) is 12.5. The number of hydrogen-bond acceptors (Lipinski definition) is 4. The number of aromatic nitrogens is 2. The van der Waals surface area contributed by atoms with Gasteiger partial charge in [0.1, 0.15) is 0 Å². The molecule has 0 spiro atoms. The molecule has 0 radical (unpaired) electrons. The SMILES string of the molecule is O=C(Nc1ccccc1)n1nccc1-c1ccc(-c2cccs2)s1. The topological polar surface area (TPSA) is 46.9 Å². The number of carbonyl (C=O) groups excluding carboxylic acids is 1. The van der Waals surface area contributed by atoms with Gasteiger partial charge in [-0.05, 0) is 41.8 Å². The van der Waals surface area contributed by atoms with E-state index in [9.17, 15) is 4.79 Å². The third-order valence-electron chi connectivity index (χ3n) is 3.48. The maximum Gasteiger partial charge on any atom is 0.347 e. The summed E-state index contributed by atoms with van der Waals surface area (Å²) in [7, 11) is 0. The van der Waals surface area contributed by atoms with Crippen LogP contribution in [0.2, 0.25) is 0 Å². The first-order chi connectivity index (χ1) is 11.8. The first-order valence-electron chi connectivity index (χ1n) is 7.36. The third kappa shape index (κ3) is 2.89. The lowest BCUT2D eigenvalue weighted by atomic mass is 10.3. The van der Waals surface area contributed by atoms with Crippen LogP contribution in [0.1, 0.15) is 0 Å². The van der Waals surface area contributed by atoms with Crippen LogP contribution in [-0.2, 0) is 0 Å². The number of carbonyl (C=O) groups is 1. The van der Waals surface area contributed by atoms with Crippen LogP contribution in [0.25, 0.3) is 20.3 Å². The van der Waals surface area contributed by atoms with Crippen molar-refractivity contribution in [2.24, 2.45) is 0 Å². The van der Waals surface area contributed by atoms with Gasteiger partial charge >= 0.3 is 6.03 Å². The number of hydrogen-bond donors (Lipinski definition) is 1. The van der Waals surface area contributed by atoms with E-state index in [0.29, 0.717) is 0 Å². The molecule has 0 saturated carbocycles. The molecule has 0 bridgehead atoms. The lowest BCUT2D eigenvalue weighted by molar-refractivity contribution is 0.251.